The van der Waals surface area contributed by atoms with Gasteiger partial charge in [-0.05, 0) is 38.8 Å². The van der Waals surface area contributed by atoms with Gasteiger partial charge in [0.05, 0.1) is 6.04 Å². The molecule has 0 saturated carbocycles. The molecule has 0 fully saturated rings. The molecule has 1 aliphatic heterocycles. The van der Waals surface area contributed by atoms with Gasteiger partial charge >= 0.3 is 0 Å². The lowest BCUT2D eigenvalue weighted by Crippen LogP contribution is -2.45. The SMILES string of the molecule is C=CC(C)N(C)C1/C(O)=C\C(C)C(C)=NC[C@@H](C)[C@H]1C. The van der Waals surface area contributed by atoms with Gasteiger partial charge in [0.1, 0.15) is 5.76 Å². The second-order valence-electron chi connectivity index (χ2n) is 6.29. The van der Waals surface area contributed by atoms with E-state index in [0.717, 1.165) is 12.3 Å². The van der Waals surface area contributed by atoms with Crippen molar-refractivity contribution < 1.29 is 5.11 Å². The van der Waals surface area contributed by atoms with Crippen LogP contribution in [-0.4, -0.2) is 41.4 Å². The molecule has 1 heterocycles. The quantitative estimate of drug-likeness (QED) is 0.799. The Kier molecular flexibility index (Phi) is 6.00. The van der Waals surface area contributed by atoms with Crippen LogP contribution in [0.15, 0.2) is 29.5 Å². The number of aliphatic hydroxyl groups is 1. The van der Waals surface area contributed by atoms with E-state index in [4.69, 9.17) is 0 Å². The highest BCUT2D eigenvalue weighted by atomic mass is 16.3. The monoisotopic (exact) mass is 278 g/mol. The third-order valence-corrected chi connectivity index (χ3v) is 4.83. The maximum absolute atomic E-state index is 10.6. The van der Waals surface area contributed by atoms with Crippen molar-refractivity contribution in [2.75, 3.05) is 13.6 Å². The molecule has 0 radical (unpaired) electrons. The third kappa shape index (κ3) is 3.72. The summed E-state index contributed by atoms with van der Waals surface area (Å²) in [4.78, 5) is 6.87. The molecule has 0 amide bonds. The van der Waals surface area contributed by atoms with Crippen molar-refractivity contribution in [2.45, 2.75) is 46.7 Å². The minimum atomic E-state index is 0.0153. The summed E-state index contributed by atoms with van der Waals surface area (Å²) >= 11 is 0. The number of hydrogen-bond donors (Lipinski definition) is 1. The Morgan fingerprint density at radius 1 is 1.45 bits per heavy atom. The molecule has 20 heavy (non-hydrogen) atoms. The molecule has 0 aromatic heterocycles. The van der Waals surface area contributed by atoms with Gasteiger partial charge in [-0.2, -0.15) is 0 Å². The van der Waals surface area contributed by atoms with E-state index in [1.54, 1.807) is 0 Å². The molecule has 1 rings (SSSR count). The topological polar surface area (TPSA) is 35.8 Å². The lowest BCUT2D eigenvalue weighted by molar-refractivity contribution is 0.118. The zero-order valence-electron chi connectivity index (χ0n) is 13.8. The van der Waals surface area contributed by atoms with Gasteiger partial charge < -0.3 is 5.11 Å². The molecule has 0 spiro atoms. The fraction of sp³-hybridized carbons (Fsp3) is 0.706. The van der Waals surface area contributed by atoms with E-state index < -0.39 is 0 Å². The maximum Gasteiger partial charge on any atom is 0.106 e. The fourth-order valence-electron chi connectivity index (χ4n) is 2.65. The van der Waals surface area contributed by atoms with E-state index in [-0.39, 0.29) is 18.0 Å². The lowest BCUT2D eigenvalue weighted by atomic mass is 9.86. The van der Waals surface area contributed by atoms with Crippen LogP contribution < -0.4 is 0 Å². The van der Waals surface area contributed by atoms with Gasteiger partial charge in [0.15, 0.2) is 0 Å². The Morgan fingerprint density at radius 3 is 2.60 bits per heavy atom. The summed E-state index contributed by atoms with van der Waals surface area (Å²) in [6.07, 6.45) is 3.87. The molecule has 1 aliphatic rings. The predicted molar refractivity (Wildman–Crippen MR) is 87.4 cm³/mol. The molecule has 0 saturated heterocycles. The lowest BCUT2D eigenvalue weighted by Gasteiger charge is -2.37. The molecule has 1 N–H and O–H groups in total. The number of likely N-dealkylation sites (N-methyl/N-ethyl adjacent to an activating group) is 1. The highest BCUT2D eigenvalue weighted by Gasteiger charge is 2.32. The molecule has 114 valence electrons. The number of rotatable bonds is 3. The van der Waals surface area contributed by atoms with E-state index in [9.17, 15) is 5.11 Å². The van der Waals surface area contributed by atoms with Crippen LogP contribution in [0, 0.1) is 17.8 Å². The normalized spacial score (nSPS) is 36.1. The molecule has 0 bridgehead atoms. The zero-order valence-corrected chi connectivity index (χ0v) is 13.8. The number of aliphatic imine (C=N–C) groups is 1. The van der Waals surface area contributed by atoms with Crippen molar-refractivity contribution in [1.29, 1.82) is 0 Å². The minimum Gasteiger partial charge on any atom is -0.511 e. The average Bonchev–Trinajstić information content (AvgIpc) is 2.44. The highest BCUT2D eigenvalue weighted by molar-refractivity contribution is 5.85. The Labute approximate surface area is 124 Å². The van der Waals surface area contributed by atoms with Crippen LogP contribution in [0.25, 0.3) is 0 Å². The predicted octanol–water partition coefficient (Wildman–Crippen LogP) is 3.69. The van der Waals surface area contributed by atoms with Gasteiger partial charge in [-0.25, -0.2) is 0 Å². The summed E-state index contributed by atoms with van der Waals surface area (Å²) in [5.74, 6) is 1.41. The minimum absolute atomic E-state index is 0.0153. The van der Waals surface area contributed by atoms with Crippen LogP contribution in [0.4, 0.5) is 0 Å². The first-order valence-electron chi connectivity index (χ1n) is 7.55. The Hall–Kier alpha value is -1.09. The molecule has 0 aliphatic carbocycles. The zero-order chi connectivity index (χ0) is 15.4. The number of aliphatic hydroxyl groups excluding tert-OH is 1. The molecule has 0 aromatic carbocycles. The van der Waals surface area contributed by atoms with E-state index in [1.165, 1.54) is 0 Å². The van der Waals surface area contributed by atoms with Crippen LogP contribution in [-0.2, 0) is 0 Å². The van der Waals surface area contributed by atoms with Crippen molar-refractivity contribution >= 4 is 5.71 Å². The van der Waals surface area contributed by atoms with E-state index in [0.29, 0.717) is 17.6 Å². The molecule has 5 atom stereocenters. The van der Waals surface area contributed by atoms with Crippen LogP contribution in [0.1, 0.15) is 34.6 Å². The first kappa shape index (κ1) is 17.0. The van der Waals surface area contributed by atoms with Gasteiger partial charge in [0.25, 0.3) is 0 Å². The summed E-state index contributed by atoms with van der Waals surface area (Å²) in [6.45, 7) is 15.3. The van der Waals surface area contributed by atoms with Crippen molar-refractivity contribution in [3.63, 3.8) is 0 Å². The molecule has 3 unspecified atom stereocenters. The first-order valence-corrected chi connectivity index (χ1v) is 7.55. The van der Waals surface area contributed by atoms with Crippen LogP contribution in [0.5, 0.6) is 0 Å². The Balaban J connectivity index is 3.17. The smallest absolute Gasteiger partial charge is 0.106 e. The summed E-state index contributed by atoms with van der Waals surface area (Å²) in [5.41, 5.74) is 1.09. The van der Waals surface area contributed by atoms with Crippen molar-refractivity contribution in [1.82, 2.24) is 4.90 Å². The van der Waals surface area contributed by atoms with E-state index in [2.05, 4.69) is 51.2 Å². The van der Waals surface area contributed by atoms with Crippen LogP contribution in [0.2, 0.25) is 0 Å². The summed E-state index contributed by atoms with van der Waals surface area (Å²) in [6, 6.07) is 0.241. The van der Waals surface area contributed by atoms with Crippen molar-refractivity contribution in [3.8, 4) is 0 Å². The Bertz CT molecular complexity index is 400. The largest absolute Gasteiger partial charge is 0.511 e. The van der Waals surface area contributed by atoms with Gasteiger partial charge in [0, 0.05) is 24.2 Å². The summed E-state index contributed by atoms with van der Waals surface area (Å²) in [7, 11) is 2.06. The van der Waals surface area contributed by atoms with E-state index in [1.807, 2.05) is 19.1 Å². The molecular weight excluding hydrogens is 248 g/mol. The number of allylic oxidation sites excluding steroid dienone is 1. The maximum atomic E-state index is 10.6. The van der Waals surface area contributed by atoms with Crippen LogP contribution >= 0.6 is 0 Å². The standard InChI is InChI=1S/C17H30N2O/c1-8-13(4)19(7)17-14(5)12(3)10-18-15(6)11(2)9-16(17)20/h8-9,11-14,17,20H,1,10H2,2-7H3/b16-9+,18-15?/t11?,12-,13?,14-,17?/m1/s1. The van der Waals surface area contributed by atoms with Crippen LogP contribution in [0.3, 0.4) is 0 Å². The van der Waals surface area contributed by atoms with Gasteiger partial charge in [0.2, 0.25) is 0 Å². The second-order valence-corrected chi connectivity index (χ2v) is 6.29. The molecule has 0 aromatic rings. The fourth-order valence-corrected chi connectivity index (χ4v) is 2.65. The van der Waals surface area contributed by atoms with E-state index >= 15 is 0 Å². The third-order valence-electron chi connectivity index (χ3n) is 4.83. The van der Waals surface area contributed by atoms with Gasteiger partial charge in [-0.3, -0.25) is 9.89 Å². The first-order chi connectivity index (χ1) is 9.29. The highest BCUT2D eigenvalue weighted by Crippen LogP contribution is 2.28. The molecular formula is C17H30N2O. The summed E-state index contributed by atoms with van der Waals surface area (Å²) in [5, 5.41) is 10.6. The van der Waals surface area contributed by atoms with Crippen molar-refractivity contribution in [3.05, 3.63) is 24.5 Å². The second kappa shape index (κ2) is 7.07. The number of hydrogen-bond acceptors (Lipinski definition) is 3. The molecule has 3 nitrogen and oxygen atoms in total. The van der Waals surface area contributed by atoms with Gasteiger partial charge in [-0.1, -0.05) is 26.8 Å². The van der Waals surface area contributed by atoms with Crippen molar-refractivity contribution in [2.24, 2.45) is 22.7 Å². The average molecular weight is 278 g/mol. The number of nitrogens with zero attached hydrogens (tertiary/aromatic N) is 2. The summed E-state index contributed by atoms with van der Waals surface area (Å²) < 4.78 is 0. The Morgan fingerprint density at radius 2 is 2.05 bits per heavy atom. The van der Waals surface area contributed by atoms with Gasteiger partial charge in [-0.15, -0.1) is 6.58 Å². The molecule has 3 heteroatoms.